The average molecular weight is 193 g/mol. The molecule has 1 rings (SSSR count). The fraction of sp³-hybridized carbons (Fsp3) is 0.111. The molecule has 0 fully saturated rings. The molecule has 0 saturated carbocycles. The molecule has 2 amide bonds. The van der Waals surface area contributed by atoms with Crippen LogP contribution in [0.4, 0.5) is 14.9 Å². The number of carbonyl (C=O) groups is 1. The summed E-state index contributed by atoms with van der Waals surface area (Å²) in [5.74, 6) is -0.428. The fourth-order valence-electron chi connectivity index (χ4n) is 0.861. The molecule has 2 N–H and O–H groups in total. The molecule has 0 saturated heterocycles. The van der Waals surface area contributed by atoms with Crippen molar-refractivity contribution in [3.8, 4) is 6.07 Å². The molecule has 72 valence electrons. The first-order chi connectivity index (χ1) is 6.72. The number of hydrogen-bond acceptors (Lipinski definition) is 2. The second kappa shape index (κ2) is 4.82. The molecule has 0 unspecified atom stereocenters. The van der Waals surface area contributed by atoms with Crippen LogP contribution in [-0.2, 0) is 0 Å². The van der Waals surface area contributed by atoms with Gasteiger partial charge in [0.25, 0.3) is 0 Å². The molecular formula is C9H8FN3O. The SMILES string of the molecule is N#CCNC(=O)Nc1cccc(F)c1. The van der Waals surface area contributed by atoms with Crippen LogP contribution in [0.15, 0.2) is 24.3 Å². The summed E-state index contributed by atoms with van der Waals surface area (Å²) in [6.45, 7) is -0.0822. The van der Waals surface area contributed by atoms with Crippen LogP contribution in [0.2, 0.25) is 0 Å². The molecule has 0 spiro atoms. The molecule has 1 aromatic carbocycles. The minimum atomic E-state index is -0.530. The van der Waals surface area contributed by atoms with E-state index in [1.807, 2.05) is 0 Å². The van der Waals surface area contributed by atoms with Gasteiger partial charge in [0.05, 0.1) is 6.07 Å². The summed E-state index contributed by atoms with van der Waals surface area (Å²) < 4.78 is 12.6. The first kappa shape index (κ1) is 9.99. The molecule has 0 aliphatic carbocycles. The molecule has 0 aromatic heterocycles. The van der Waals surface area contributed by atoms with Gasteiger partial charge in [-0.1, -0.05) is 6.07 Å². The lowest BCUT2D eigenvalue weighted by molar-refractivity contribution is 0.253. The summed E-state index contributed by atoms with van der Waals surface area (Å²) >= 11 is 0. The summed E-state index contributed by atoms with van der Waals surface area (Å²) in [7, 11) is 0. The van der Waals surface area contributed by atoms with Crippen molar-refractivity contribution < 1.29 is 9.18 Å². The van der Waals surface area contributed by atoms with Crippen molar-refractivity contribution in [3.63, 3.8) is 0 Å². The molecule has 4 nitrogen and oxygen atoms in total. The molecule has 14 heavy (non-hydrogen) atoms. The Morgan fingerprint density at radius 1 is 1.57 bits per heavy atom. The third-order valence-electron chi connectivity index (χ3n) is 1.41. The number of carbonyl (C=O) groups excluding carboxylic acids is 1. The van der Waals surface area contributed by atoms with Gasteiger partial charge < -0.3 is 10.6 Å². The maximum Gasteiger partial charge on any atom is 0.320 e. The van der Waals surface area contributed by atoms with Gasteiger partial charge in [-0.25, -0.2) is 9.18 Å². The highest BCUT2D eigenvalue weighted by Crippen LogP contribution is 2.08. The number of nitrogens with zero attached hydrogens (tertiary/aromatic N) is 1. The first-order valence-electron chi connectivity index (χ1n) is 3.90. The van der Waals surface area contributed by atoms with Gasteiger partial charge in [0.15, 0.2) is 0 Å². The largest absolute Gasteiger partial charge is 0.325 e. The third kappa shape index (κ3) is 3.11. The molecule has 1 aromatic rings. The van der Waals surface area contributed by atoms with E-state index in [4.69, 9.17) is 5.26 Å². The van der Waals surface area contributed by atoms with Crippen LogP contribution in [0.1, 0.15) is 0 Å². The highest BCUT2D eigenvalue weighted by Gasteiger charge is 2.00. The zero-order chi connectivity index (χ0) is 10.4. The van der Waals surface area contributed by atoms with Crippen LogP contribution in [0, 0.1) is 17.1 Å². The van der Waals surface area contributed by atoms with E-state index < -0.39 is 11.8 Å². The topological polar surface area (TPSA) is 64.9 Å². The number of amides is 2. The Bertz CT molecular complexity index is 373. The lowest BCUT2D eigenvalue weighted by Gasteiger charge is -2.04. The smallest absolute Gasteiger partial charge is 0.320 e. The lowest BCUT2D eigenvalue weighted by Crippen LogP contribution is -2.28. The molecule has 0 aliphatic heterocycles. The number of anilines is 1. The van der Waals surface area contributed by atoms with Crippen LogP contribution < -0.4 is 10.6 Å². The normalized spacial score (nSPS) is 8.86. The maximum atomic E-state index is 12.6. The Balaban J connectivity index is 2.53. The summed E-state index contributed by atoms with van der Waals surface area (Å²) in [6, 6.07) is 6.71. The molecular weight excluding hydrogens is 185 g/mol. The van der Waals surface area contributed by atoms with E-state index in [-0.39, 0.29) is 6.54 Å². The zero-order valence-corrected chi connectivity index (χ0v) is 7.25. The fourth-order valence-corrected chi connectivity index (χ4v) is 0.861. The van der Waals surface area contributed by atoms with E-state index in [1.54, 1.807) is 12.1 Å². The highest BCUT2D eigenvalue weighted by atomic mass is 19.1. The van der Waals surface area contributed by atoms with Gasteiger partial charge in [-0.15, -0.1) is 0 Å². The molecule has 0 heterocycles. The molecule has 5 heteroatoms. The third-order valence-corrected chi connectivity index (χ3v) is 1.41. The number of hydrogen-bond donors (Lipinski definition) is 2. The molecule has 0 aliphatic rings. The molecule has 0 atom stereocenters. The quantitative estimate of drug-likeness (QED) is 0.698. The van der Waals surface area contributed by atoms with Crippen molar-refractivity contribution in [2.75, 3.05) is 11.9 Å². The first-order valence-corrected chi connectivity index (χ1v) is 3.90. The van der Waals surface area contributed by atoms with Gasteiger partial charge in [0.2, 0.25) is 0 Å². The van der Waals surface area contributed by atoms with E-state index in [1.165, 1.54) is 18.2 Å². The maximum absolute atomic E-state index is 12.6. The predicted molar refractivity (Wildman–Crippen MR) is 49.0 cm³/mol. The number of nitrogens with one attached hydrogen (secondary N) is 2. The van der Waals surface area contributed by atoms with Gasteiger partial charge in [0, 0.05) is 5.69 Å². The average Bonchev–Trinajstić information content (AvgIpc) is 2.15. The van der Waals surface area contributed by atoms with E-state index >= 15 is 0 Å². The highest BCUT2D eigenvalue weighted by molar-refractivity contribution is 5.89. The van der Waals surface area contributed by atoms with Crippen molar-refractivity contribution in [1.29, 1.82) is 5.26 Å². The standard InChI is InChI=1S/C9H8FN3O/c10-7-2-1-3-8(6-7)13-9(14)12-5-4-11/h1-3,6H,5H2,(H2,12,13,14). The number of urea groups is 1. The van der Waals surface area contributed by atoms with Gasteiger partial charge in [-0.2, -0.15) is 5.26 Å². The summed E-state index contributed by atoms with van der Waals surface area (Å²) in [5.41, 5.74) is 0.348. The summed E-state index contributed by atoms with van der Waals surface area (Å²) in [6.07, 6.45) is 0. The van der Waals surface area contributed by atoms with Crippen molar-refractivity contribution in [2.45, 2.75) is 0 Å². The zero-order valence-electron chi connectivity index (χ0n) is 7.25. The van der Waals surface area contributed by atoms with Crippen LogP contribution in [0.25, 0.3) is 0 Å². The monoisotopic (exact) mass is 193 g/mol. The minimum absolute atomic E-state index is 0.0822. The van der Waals surface area contributed by atoms with Gasteiger partial charge in [-0.3, -0.25) is 0 Å². The van der Waals surface area contributed by atoms with Crippen LogP contribution >= 0.6 is 0 Å². The number of benzene rings is 1. The second-order valence-corrected chi connectivity index (χ2v) is 2.48. The Labute approximate surface area is 80.3 Å². The van der Waals surface area contributed by atoms with Crippen molar-refractivity contribution in [1.82, 2.24) is 5.32 Å². The van der Waals surface area contributed by atoms with Gasteiger partial charge in [-0.05, 0) is 18.2 Å². The van der Waals surface area contributed by atoms with Gasteiger partial charge >= 0.3 is 6.03 Å². The lowest BCUT2D eigenvalue weighted by atomic mass is 10.3. The van der Waals surface area contributed by atoms with Crippen LogP contribution in [0.3, 0.4) is 0 Å². The van der Waals surface area contributed by atoms with Gasteiger partial charge in [0.1, 0.15) is 12.4 Å². The molecule has 0 radical (unpaired) electrons. The Hall–Kier alpha value is -2.09. The van der Waals surface area contributed by atoms with Crippen molar-refractivity contribution in [3.05, 3.63) is 30.1 Å². The van der Waals surface area contributed by atoms with E-state index in [2.05, 4.69) is 10.6 Å². The Kier molecular flexibility index (Phi) is 3.44. The summed E-state index contributed by atoms with van der Waals surface area (Å²) in [4.78, 5) is 11.0. The predicted octanol–water partition coefficient (Wildman–Crippen LogP) is 1.47. The van der Waals surface area contributed by atoms with E-state index in [0.717, 1.165) is 0 Å². The van der Waals surface area contributed by atoms with E-state index in [9.17, 15) is 9.18 Å². The van der Waals surface area contributed by atoms with Crippen LogP contribution in [-0.4, -0.2) is 12.6 Å². The molecule has 0 bridgehead atoms. The number of nitriles is 1. The minimum Gasteiger partial charge on any atom is -0.325 e. The Morgan fingerprint density at radius 2 is 2.36 bits per heavy atom. The number of rotatable bonds is 2. The van der Waals surface area contributed by atoms with Crippen molar-refractivity contribution in [2.24, 2.45) is 0 Å². The Morgan fingerprint density at radius 3 is 3.00 bits per heavy atom. The van der Waals surface area contributed by atoms with E-state index in [0.29, 0.717) is 5.69 Å². The second-order valence-electron chi connectivity index (χ2n) is 2.48. The van der Waals surface area contributed by atoms with Crippen LogP contribution in [0.5, 0.6) is 0 Å². The number of halogens is 1. The van der Waals surface area contributed by atoms with Crippen molar-refractivity contribution >= 4 is 11.7 Å². The summed E-state index contributed by atoms with van der Waals surface area (Å²) in [5, 5.41) is 12.8.